The number of nitrogens with zero attached hydrogens (tertiary/aromatic N) is 4. The normalized spacial score (nSPS) is 15.6. The Morgan fingerprint density at radius 1 is 1.29 bits per heavy atom. The molecule has 7 heteroatoms. The third-order valence-corrected chi connectivity index (χ3v) is 3.95. The summed E-state index contributed by atoms with van der Waals surface area (Å²) in [5.74, 6) is 0.523. The maximum absolute atomic E-state index is 9.19. The second-order valence-electron chi connectivity index (χ2n) is 5.13. The van der Waals surface area contributed by atoms with Crippen molar-refractivity contribution < 1.29 is 0 Å². The van der Waals surface area contributed by atoms with E-state index in [9.17, 15) is 5.26 Å². The lowest BCUT2D eigenvalue weighted by molar-refractivity contribution is 0.461. The Morgan fingerprint density at radius 3 is 2.76 bits per heavy atom. The largest absolute Gasteiger partial charge is 0.351 e. The van der Waals surface area contributed by atoms with Crippen molar-refractivity contribution in [3.8, 4) is 17.5 Å². The molecule has 0 saturated heterocycles. The van der Waals surface area contributed by atoms with E-state index in [4.69, 9.17) is 11.6 Å². The van der Waals surface area contributed by atoms with Gasteiger partial charge in [-0.05, 0) is 12.8 Å². The topological polar surface area (TPSA) is 90.3 Å². The fourth-order valence-corrected chi connectivity index (χ4v) is 2.77. The number of nitrogens with one attached hydrogen (secondary N) is 2. The van der Waals surface area contributed by atoms with Gasteiger partial charge >= 0.3 is 0 Å². The van der Waals surface area contributed by atoms with Gasteiger partial charge in [-0.2, -0.15) is 10.4 Å². The molecule has 108 valence electrons. The molecule has 6 nitrogen and oxygen atoms in total. The monoisotopic (exact) mass is 302 g/mol. The highest BCUT2D eigenvalue weighted by molar-refractivity contribution is 6.32. The van der Waals surface area contributed by atoms with Gasteiger partial charge in [-0.1, -0.05) is 30.9 Å². The maximum atomic E-state index is 9.19. The van der Waals surface area contributed by atoms with E-state index in [0.29, 0.717) is 34.0 Å². The number of hydrogen-bond donors (Lipinski definition) is 2. The van der Waals surface area contributed by atoms with Crippen molar-refractivity contribution in [3.63, 3.8) is 0 Å². The minimum Gasteiger partial charge on any atom is -0.351 e. The summed E-state index contributed by atoms with van der Waals surface area (Å²) in [5, 5.41) is 19.7. The fourth-order valence-electron chi connectivity index (χ4n) is 2.58. The summed E-state index contributed by atoms with van der Waals surface area (Å²) < 4.78 is 0. The van der Waals surface area contributed by atoms with Crippen molar-refractivity contribution >= 4 is 17.5 Å². The third-order valence-electron chi connectivity index (χ3n) is 3.67. The van der Waals surface area contributed by atoms with Crippen molar-refractivity contribution in [1.82, 2.24) is 20.2 Å². The van der Waals surface area contributed by atoms with Crippen molar-refractivity contribution in [1.29, 1.82) is 5.26 Å². The van der Waals surface area contributed by atoms with Gasteiger partial charge in [0.2, 0.25) is 5.95 Å². The second-order valence-corrected chi connectivity index (χ2v) is 5.54. The minimum absolute atomic E-state index is 0.359. The minimum atomic E-state index is 0.359. The predicted molar refractivity (Wildman–Crippen MR) is 79.8 cm³/mol. The number of anilines is 1. The van der Waals surface area contributed by atoms with Crippen molar-refractivity contribution in [3.05, 3.63) is 23.0 Å². The molecule has 3 rings (SSSR count). The summed E-state index contributed by atoms with van der Waals surface area (Å²) in [5.41, 5.74) is 1.29. The van der Waals surface area contributed by atoms with Crippen molar-refractivity contribution in [2.45, 2.75) is 38.1 Å². The second kappa shape index (κ2) is 6.10. The summed E-state index contributed by atoms with van der Waals surface area (Å²) in [7, 11) is 0. The molecule has 21 heavy (non-hydrogen) atoms. The summed E-state index contributed by atoms with van der Waals surface area (Å²) in [4.78, 5) is 8.65. The molecule has 0 spiro atoms. The first-order valence-corrected chi connectivity index (χ1v) is 7.39. The lowest BCUT2D eigenvalue weighted by atomic mass is 9.96. The van der Waals surface area contributed by atoms with Gasteiger partial charge in [-0.25, -0.2) is 9.97 Å². The number of hydrogen-bond acceptors (Lipinski definition) is 5. The Kier molecular flexibility index (Phi) is 4.02. The smallest absolute Gasteiger partial charge is 0.223 e. The molecule has 0 aromatic carbocycles. The molecular weight excluding hydrogens is 288 g/mol. The SMILES string of the molecule is N#Cc1cnc(NC2CCCCC2)nc1-c1n[nH]cc1Cl. The molecule has 1 saturated carbocycles. The van der Waals surface area contributed by atoms with Gasteiger partial charge in [0, 0.05) is 12.2 Å². The van der Waals surface area contributed by atoms with Crippen LogP contribution < -0.4 is 5.32 Å². The average Bonchev–Trinajstić information content (AvgIpc) is 2.94. The van der Waals surface area contributed by atoms with Crippen LogP contribution in [-0.4, -0.2) is 26.2 Å². The van der Waals surface area contributed by atoms with Crippen LogP contribution in [0.3, 0.4) is 0 Å². The Morgan fingerprint density at radius 2 is 2.10 bits per heavy atom. The van der Waals surface area contributed by atoms with Crippen molar-refractivity contribution in [2.24, 2.45) is 0 Å². The maximum Gasteiger partial charge on any atom is 0.223 e. The summed E-state index contributed by atoms with van der Waals surface area (Å²) >= 11 is 6.06. The van der Waals surface area contributed by atoms with Crippen LogP contribution in [0.1, 0.15) is 37.7 Å². The molecule has 2 heterocycles. The predicted octanol–water partition coefficient (Wildman–Crippen LogP) is 3.14. The van der Waals surface area contributed by atoms with E-state index in [2.05, 4.69) is 31.6 Å². The molecule has 0 bridgehead atoms. The highest BCUT2D eigenvalue weighted by Gasteiger charge is 2.18. The highest BCUT2D eigenvalue weighted by atomic mass is 35.5. The van der Waals surface area contributed by atoms with E-state index in [1.54, 1.807) is 6.20 Å². The van der Waals surface area contributed by atoms with Crippen LogP contribution in [0.4, 0.5) is 5.95 Å². The van der Waals surface area contributed by atoms with E-state index in [1.165, 1.54) is 25.5 Å². The molecule has 2 aromatic heterocycles. The first-order chi connectivity index (χ1) is 10.3. The van der Waals surface area contributed by atoms with E-state index in [1.807, 2.05) is 0 Å². The van der Waals surface area contributed by atoms with E-state index >= 15 is 0 Å². The summed E-state index contributed by atoms with van der Waals surface area (Å²) in [6.45, 7) is 0. The lowest BCUT2D eigenvalue weighted by Crippen LogP contribution is -2.23. The number of nitriles is 1. The Balaban J connectivity index is 1.90. The Labute approximate surface area is 127 Å². The lowest BCUT2D eigenvalue weighted by Gasteiger charge is -2.22. The third kappa shape index (κ3) is 2.98. The molecular formula is C14H15ClN6. The number of aromatic nitrogens is 4. The number of aromatic amines is 1. The number of rotatable bonds is 3. The van der Waals surface area contributed by atoms with Crippen molar-refractivity contribution in [2.75, 3.05) is 5.32 Å². The molecule has 0 unspecified atom stereocenters. The first kappa shape index (κ1) is 13.8. The van der Waals surface area contributed by atoms with Crippen LogP contribution in [0.2, 0.25) is 5.02 Å². The van der Waals surface area contributed by atoms with Gasteiger partial charge in [0.15, 0.2) is 0 Å². The van der Waals surface area contributed by atoms with E-state index in [-0.39, 0.29) is 0 Å². The average molecular weight is 303 g/mol. The molecule has 0 atom stereocenters. The molecule has 1 aliphatic rings. The zero-order valence-electron chi connectivity index (χ0n) is 11.4. The van der Waals surface area contributed by atoms with Crippen LogP contribution in [-0.2, 0) is 0 Å². The van der Waals surface area contributed by atoms with Gasteiger partial charge < -0.3 is 5.32 Å². The van der Waals surface area contributed by atoms with Gasteiger partial charge in [0.1, 0.15) is 17.5 Å². The van der Waals surface area contributed by atoms with Gasteiger partial charge in [0.05, 0.1) is 16.8 Å². The number of halogens is 1. The quantitative estimate of drug-likeness (QED) is 0.909. The fraction of sp³-hybridized carbons (Fsp3) is 0.429. The Bertz CT molecular complexity index is 668. The number of H-pyrrole nitrogens is 1. The van der Waals surface area contributed by atoms with Gasteiger partial charge in [-0.15, -0.1) is 0 Å². The Hall–Kier alpha value is -2.13. The van der Waals surface area contributed by atoms with Crippen LogP contribution >= 0.6 is 11.6 Å². The summed E-state index contributed by atoms with van der Waals surface area (Å²) in [6, 6.07) is 2.47. The summed E-state index contributed by atoms with van der Waals surface area (Å²) in [6.07, 6.45) is 9.08. The molecule has 0 radical (unpaired) electrons. The molecule has 1 aliphatic carbocycles. The molecule has 0 aliphatic heterocycles. The van der Waals surface area contributed by atoms with Gasteiger partial charge in [-0.3, -0.25) is 5.10 Å². The van der Waals surface area contributed by atoms with Crippen LogP contribution in [0, 0.1) is 11.3 Å². The van der Waals surface area contributed by atoms with Gasteiger partial charge in [0.25, 0.3) is 0 Å². The first-order valence-electron chi connectivity index (χ1n) is 7.01. The molecule has 0 amide bonds. The molecule has 2 aromatic rings. The van der Waals surface area contributed by atoms with Crippen LogP contribution in [0.25, 0.3) is 11.4 Å². The zero-order valence-corrected chi connectivity index (χ0v) is 12.2. The van der Waals surface area contributed by atoms with Crippen LogP contribution in [0.5, 0.6) is 0 Å². The zero-order chi connectivity index (χ0) is 14.7. The highest BCUT2D eigenvalue weighted by Crippen LogP contribution is 2.27. The standard InChI is InChI=1S/C14H15ClN6/c15-11-8-18-21-13(11)12-9(6-16)7-17-14(20-12)19-10-4-2-1-3-5-10/h7-8,10H,1-5H2,(H,18,21)(H,17,19,20). The van der Waals surface area contributed by atoms with E-state index in [0.717, 1.165) is 12.8 Å². The van der Waals surface area contributed by atoms with Crippen LogP contribution in [0.15, 0.2) is 12.4 Å². The molecule has 1 fully saturated rings. The molecule has 2 N–H and O–H groups in total. The van der Waals surface area contributed by atoms with E-state index < -0.39 is 0 Å².